The Balaban J connectivity index is 2.15. The number of carbonyl (C=O) groups excluding carboxylic acids is 1. The zero-order valence-electron chi connectivity index (χ0n) is 8.64. The van der Waals surface area contributed by atoms with Crippen LogP contribution in [0.1, 0.15) is 6.92 Å². The summed E-state index contributed by atoms with van der Waals surface area (Å²) in [4.78, 5) is 13.5. The SMILES string of the molecule is CCOC(=O)C1=CC=C2C=CC=CN2C1. The van der Waals surface area contributed by atoms with Gasteiger partial charge in [0.05, 0.1) is 18.7 Å². The fourth-order valence-electron chi connectivity index (χ4n) is 1.56. The lowest BCUT2D eigenvalue weighted by Gasteiger charge is -2.26. The first-order valence-corrected chi connectivity index (χ1v) is 5.00. The highest BCUT2D eigenvalue weighted by Crippen LogP contribution is 2.19. The van der Waals surface area contributed by atoms with Crippen molar-refractivity contribution in [1.82, 2.24) is 4.90 Å². The van der Waals surface area contributed by atoms with Gasteiger partial charge in [-0.1, -0.05) is 6.08 Å². The van der Waals surface area contributed by atoms with Gasteiger partial charge in [0.1, 0.15) is 0 Å². The second-order valence-corrected chi connectivity index (χ2v) is 3.33. The molecule has 0 aromatic heterocycles. The van der Waals surface area contributed by atoms with Crippen LogP contribution in [0.4, 0.5) is 0 Å². The minimum absolute atomic E-state index is 0.226. The van der Waals surface area contributed by atoms with Crippen LogP contribution in [0.3, 0.4) is 0 Å². The van der Waals surface area contributed by atoms with E-state index in [0.29, 0.717) is 18.7 Å². The van der Waals surface area contributed by atoms with E-state index in [1.165, 1.54) is 0 Å². The van der Waals surface area contributed by atoms with Gasteiger partial charge < -0.3 is 9.64 Å². The molecule has 3 nitrogen and oxygen atoms in total. The van der Waals surface area contributed by atoms with E-state index in [1.54, 1.807) is 0 Å². The Bertz CT molecular complexity index is 388. The normalized spacial score (nSPS) is 18.1. The Morgan fingerprint density at radius 3 is 3.13 bits per heavy atom. The number of carbonyl (C=O) groups is 1. The van der Waals surface area contributed by atoms with Gasteiger partial charge in [-0.25, -0.2) is 4.79 Å². The fourth-order valence-corrected chi connectivity index (χ4v) is 1.56. The number of ether oxygens (including phenoxy) is 1. The van der Waals surface area contributed by atoms with Crippen LogP contribution in [0.15, 0.2) is 47.9 Å². The Labute approximate surface area is 89.0 Å². The van der Waals surface area contributed by atoms with Crippen LogP contribution in [0, 0.1) is 0 Å². The van der Waals surface area contributed by atoms with Crippen LogP contribution in [-0.4, -0.2) is 24.0 Å². The Hall–Kier alpha value is -1.77. The van der Waals surface area contributed by atoms with Crippen LogP contribution in [0.25, 0.3) is 0 Å². The second kappa shape index (κ2) is 4.17. The molecule has 0 spiro atoms. The van der Waals surface area contributed by atoms with Crippen LogP contribution < -0.4 is 0 Å². The Morgan fingerprint density at radius 1 is 1.47 bits per heavy atom. The first kappa shape index (κ1) is 9.77. The van der Waals surface area contributed by atoms with Crippen molar-refractivity contribution in [3.05, 3.63) is 47.9 Å². The molecule has 0 bridgehead atoms. The maximum atomic E-state index is 11.5. The molecule has 2 aliphatic rings. The number of hydrogen-bond donors (Lipinski definition) is 0. The van der Waals surface area contributed by atoms with Crippen LogP contribution in [0.2, 0.25) is 0 Å². The van der Waals surface area contributed by atoms with Gasteiger partial charge in [-0.3, -0.25) is 0 Å². The third-order valence-electron chi connectivity index (χ3n) is 2.31. The highest BCUT2D eigenvalue weighted by Gasteiger charge is 2.18. The van der Waals surface area contributed by atoms with Crippen molar-refractivity contribution in [2.45, 2.75) is 6.92 Å². The first-order chi connectivity index (χ1) is 7.31. The van der Waals surface area contributed by atoms with Crippen molar-refractivity contribution < 1.29 is 9.53 Å². The third-order valence-corrected chi connectivity index (χ3v) is 2.31. The van der Waals surface area contributed by atoms with Gasteiger partial charge >= 0.3 is 5.97 Å². The highest BCUT2D eigenvalue weighted by atomic mass is 16.5. The molecular formula is C12H13NO2. The Kier molecular flexibility index (Phi) is 2.72. The summed E-state index contributed by atoms with van der Waals surface area (Å²) in [6.07, 6.45) is 11.6. The summed E-state index contributed by atoms with van der Waals surface area (Å²) < 4.78 is 4.96. The molecule has 0 saturated carbocycles. The third kappa shape index (κ3) is 2.01. The zero-order valence-corrected chi connectivity index (χ0v) is 8.64. The van der Waals surface area contributed by atoms with Crippen LogP contribution >= 0.6 is 0 Å². The van der Waals surface area contributed by atoms with Crippen LogP contribution in [0.5, 0.6) is 0 Å². The highest BCUT2D eigenvalue weighted by molar-refractivity contribution is 5.89. The predicted molar refractivity (Wildman–Crippen MR) is 57.8 cm³/mol. The lowest BCUT2D eigenvalue weighted by atomic mass is 10.1. The van der Waals surface area contributed by atoms with Crippen molar-refractivity contribution in [1.29, 1.82) is 0 Å². The fraction of sp³-hybridized carbons (Fsp3) is 0.250. The van der Waals surface area contributed by atoms with Gasteiger partial charge in [-0.2, -0.15) is 0 Å². The number of allylic oxidation sites excluding steroid dienone is 5. The molecule has 3 heteroatoms. The standard InChI is InChI=1S/C12H13NO2/c1-2-15-12(14)10-6-7-11-5-3-4-8-13(11)9-10/h3-8H,2,9H2,1H3. The minimum atomic E-state index is -0.226. The van der Waals surface area contributed by atoms with E-state index in [9.17, 15) is 4.79 Å². The summed E-state index contributed by atoms with van der Waals surface area (Å²) >= 11 is 0. The largest absolute Gasteiger partial charge is 0.463 e. The molecule has 2 heterocycles. The lowest BCUT2D eigenvalue weighted by Crippen LogP contribution is -2.26. The average Bonchev–Trinajstić information content (AvgIpc) is 2.29. The van der Waals surface area contributed by atoms with Gasteiger partial charge in [0.15, 0.2) is 0 Å². The molecule has 0 fully saturated rings. The number of nitrogens with zero attached hydrogens (tertiary/aromatic N) is 1. The van der Waals surface area contributed by atoms with E-state index in [4.69, 9.17) is 4.74 Å². The number of fused-ring (bicyclic) bond motifs is 1. The van der Waals surface area contributed by atoms with Crippen LogP contribution in [-0.2, 0) is 9.53 Å². The molecule has 0 radical (unpaired) electrons. The van der Waals surface area contributed by atoms with Crippen molar-refractivity contribution in [2.75, 3.05) is 13.2 Å². The van der Waals surface area contributed by atoms with E-state index in [1.807, 2.05) is 48.4 Å². The molecule has 78 valence electrons. The quantitative estimate of drug-likeness (QED) is 0.640. The molecule has 0 N–H and O–H groups in total. The van der Waals surface area contributed by atoms with Gasteiger partial charge in [0, 0.05) is 11.9 Å². The van der Waals surface area contributed by atoms with Gasteiger partial charge in [0.25, 0.3) is 0 Å². The summed E-state index contributed by atoms with van der Waals surface area (Å²) in [6.45, 7) is 2.82. The summed E-state index contributed by atoms with van der Waals surface area (Å²) in [7, 11) is 0. The Morgan fingerprint density at radius 2 is 2.33 bits per heavy atom. The summed E-state index contributed by atoms with van der Waals surface area (Å²) in [6, 6.07) is 0. The van der Waals surface area contributed by atoms with Gasteiger partial charge in [-0.15, -0.1) is 0 Å². The molecule has 2 aliphatic heterocycles. The predicted octanol–water partition coefficient (Wildman–Crippen LogP) is 1.76. The smallest absolute Gasteiger partial charge is 0.335 e. The second-order valence-electron chi connectivity index (χ2n) is 3.33. The van der Waals surface area contributed by atoms with Gasteiger partial charge in [0.2, 0.25) is 0 Å². The molecular weight excluding hydrogens is 190 g/mol. The van der Waals surface area contributed by atoms with E-state index >= 15 is 0 Å². The monoisotopic (exact) mass is 203 g/mol. The van der Waals surface area contributed by atoms with Crippen molar-refractivity contribution in [3.8, 4) is 0 Å². The van der Waals surface area contributed by atoms with E-state index < -0.39 is 0 Å². The molecule has 0 aromatic carbocycles. The molecule has 0 atom stereocenters. The number of hydrogen-bond acceptors (Lipinski definition) is 3. The van der Waals surface area contributed by atoms with E-state index in [0.717, 1.165) is 5.70 Å². The van der Waals surface area contributed by atoms with E-state index in [2.05, 4.69) is 0 Å². The molecule has 0 aromatic rings. The van der Waals surface area contributed by atoms with Crippen molar-refractivity contribution in [3.63, 3.8) is 0 Å². The first-order valence-electron chi connectivity index (χ1n) is 5.00. The number of esters is 1. The topological polar surface area (TPSA) is 29.5 Å². The maximum Gasteiger partial charge on any atom is 0.335 e. The zero-order chi connectivity index (χ0) is 10.7. The summed E-state index contributed by atoms with van der Waals surface area (Å²) in [5, 5.41) is 0. The molecule has 0 unspecified atom stereocenters. The lowest BCUT2D eigenvalue weighted by molar-refractivity contribution is -0.138. The molecule has 15 heavy (non-hydrogen) atoms. The number of rotatable bonds is 2. The minimum Gasteiger partial charge on any atom is -0.463 e. The van der Waals surface area contributed by atoms with Gasteiger partial charge in [-0.05, 0) is 31.2 Å². The molecule has 0 amide bonds. The molecule has 0 saturated heterocycles. The average molecular weight is 203 g/mol. The van der Waals surface area contributed by atoms with E-state index in [-0.39, 0.29) is 5.97 Å². The molecule has 0 aliphatic carbocycles. The van der Waals surface area contributed by atoms with Crippen molar-refractivity contribution >= 4 is 5.97 Å². The van der Waals surface area contributed by atoms with Crippen molar-refractivity contribution in [2.24, 2.45) is 0 Å². The maximum absolute atomic E-state index is 11.5. The summed E-state index contributed by atoms with van der Waals surface area (Å²) in [5.41, 5.74) is 1.80. The summed E-state index contributed by atoms with van der Waals surface area (Å²) in [5.74, 6) is -0.226. The molecule has 2 rings (SSSR count).